The molecule has 9 heteroatoms. The van der Waals surface area contributed by atoms with Crippen molar-refractivity contribution in [3.05, 3.63) is 81.1 Å². The van der Waals surface area contributed by atoms with Crippen LogP contribution in [0.1, 0.15) is 76.5 Å². The molecular formula is C33H40ClFN6O. The Kier molecular flexibility index (Phi) is 9.43. The van der Waals surface area contributed by atoms with Gasteiger partial charge in [-0.05, 0) is 86.4 Å². The molecule has 0 amide bonds. The van der Waals surface area contributed by atoms with Crippen molar-refractivity contribution >= 4 is 28.5 Å². The van der Waals surface area contributed by atoms with E-state index in [-0.39, 0.29) is 11.1 Å². The van der Waals surface area contributed by atoms with Crippen LogP contribution < -0.4 is 16.7 Å². The zero-order valence-electron chi connectivity index (χ0n) is 24.6. The zero-order chi connectivity index (χ0) is 29.8. The van der Waals surface area contributed by atoms with Crippen molar-refractivity contribution in [1.29, 1.82) is 0 Å². The van der Waals surface area contributed by atoms with Gasteiger partial charge in [-0.15, -0.1) is 0 Å². The summed E-state index contributed by atoms with van der Waals surface area (Å²) in [5.41, 5.74) is 9.50. The summed E-state index contributed by atoms with van der Waals surface area (Å²) in [7, 11) is 0. The van der Waals surface area contributed by atoms with E-state index in [0.29, 0.717) is 40.1 Å². The van der Waals surface area contributed by atoms with Crippen LogP contribution in [0, 0.1) is 11.7 Å². The van der Waals surface area contributed by atoms with Crippen molar-refractivity contribution in [2.24, 2.45) is 16.6 Å². The molecule has 0 radical (unpaired) electrons. The van der Waals surface area contributed by atoms with Crippen LogP contribution in [0.2, 0.25) is 5.02 Å². The number of amidine groups is 1. The molecule has 1 fully saturated rings. The number of aryl methyl sites for hydroxylation is 1. The van der Waals surface area contributed by atoms with Gasteiger partial charge in [0.15, 0.2) is 5.82 Å². The standard InChI is InChI=1S/C33H40ClFN6O/c1-20(2)6-4-7-22-16-27(31(35)28(34)17-22)30-18-24-19-41(33(42)40-32(24)39-30)26-12-10-23(11-13-26)29-9-5-8-25(38-29)14-15-37-21(3)36/h10-13,16-20,25,29,38H,4-9,14-15H2,1-3H3,(H2,36,37)(H,39,40,42)/t25-,29-/m1/s1. The number of piperidine rings is 1. The summed E-state index contributed by atoms with van der Waals surface area (Å²) in [6.07, 6.45) is 8.98. The van der Waals surface area contributed by atoms with Crippen LogP contribution in [0.15, 0.2) is 58.4 Å². The lowest BCUT2D eigenvalue weighted by atomic mass is 9.92. The Balaban J connectivity index is 1.35. The number of aromatic amines is 1. The number of hydrogen-bond acceptors (Lipinski definition) is 4. The Labute approximate surface area is 251 Å². The first-order valence-corrected chi connectivity index (χ1v) is 15.3. The molecule has 1 saturated heterocycles. The Morgan fingerprint density at radius 3 is 2.74 bits per heavy atom. The molecule has 1 aliphatic rings. The molecule has 5 rings (SSSR count). The average Bonchev–Trinajstić information content (AvgIpc) is 3.37. The fraction of sp³-hybridized carbons (Fsp3) is 0.424. The van der Waals surface area contributed by atoms with Gasteiger partial charge < -0.3 is 16.0 Å². The van der Waals surface area contributed by atoms with Gasteiger partial charge >= 0.3 is 5.69 Å². The highest BCUT2D eigenvalue weighted by Gasteiger charge is 2.22. The van der Waals surface area contributed by atoms with Gasteiger partial charge in [0.2, 0.25) is 0 Å². The number of benzene rings is 2. The van der Waals surface area contributed by atoms with Gasteiger partial charge in [-0.2, -0.15) is 4.98 Å². The SMILES string of the molecule is CC(N)=NCC[C@H]1CCC[C@H](c2ccc(-n3cc4cc(-c5cc(CCCC(C)C)cc(Cl)c5F)[nH]c4nc3=O)cc2)N1. The molecule has 222 valence electrons. The molecule has 4 N–H and O–H groups in total. The first kappa shape index (κ1) is 30.0. The van der Waals surface area contributed by atoms with Gasteiger partial charge in [-0.1, -0.05) is 50.4 Å². The van der Waals surface area contributed by atoms with E-state index in [1.165, 1.54) is 10.1 Å². The van der Waals surface area contributed by atoms with Crippen LogP contribution >= 0.6 is 11.6 Å². The maximum absolute atomic E-state index is 15.1. The second-order valence-electron chi connectivity index (χ2n) is 11.9. The van der Waals surface area contributed by atoms with Gasteiger partial charge in [0.25, 0.3) is 0 Å². The minimum atomic E-state index is -0.484. The summed E-state index contributed by atoms with van der Waals surface area (Å²) in [5.74, 6) is 0.745. The monoisotopic (exact) mass is 590 g/mol. The van der Waals surface area contributed by atoms with Crippen LogP contribution in [0.4, 0.5) is 4.39 Å². The van der Waals surface area contributed by atoms with Crippen molar-refractivity contribution in [1.82, 2.24) is 19.9 Å². The van der Waals surface area contributed by atoms with E-state index < -0.39 is 11.5 Å². The number of rotatable bonds is 10. The average molecular weight is 591 g/mol. The minimum absolute atomic E-state index is 0.0938. The van der Waals surface area contributed by atoms with E-state index >= 15 is 4.39 Å². The minimum Gasteiger partial charge on any atom is -0.388 e. The normalized spacial score (nSPS) is 17.8. The topological polar surface area (TPSA) is 101 Å². The fourth-order valence-corrected chi connectivity index (χ4v) is 6.04. The van der Waals surface area contributed by atoms with Gasteiger partial charge in [0, 0.05) is 35.8 Å². The third-order valence-corrected chi connectivity index (χ3v) is 8.30. The fourth-order valence-electron chi connectivity index (χ4n) is 5.80. The Morgan fingerprint density at radius 2 is 2.00 bits per heavy atom. The van der Waals surface area contributed by atoms with E-state index in [4.69, 9.17) is 17.3 Å². The molecule has 3 heterocycles. The van der Waals surface area contributed by atoms with Crippen molar-refractivity contribution in [3.8, 4) is 16.9 Å². The van der Waals surface area contributed by atoms with Crippen molar-refractivity contribution in [3.63, 3.8) is 0 Å². The first-order chi connectivity index (χ1) is 20.2. The number of halogens is 2. The van der Waals surface area contributed by atoms with E-state index in [1.54, 1.807) is 12.3 Å². The lowest BCUT2D eigenvalue weighted by molar-refractivity contribution is 0.315. The smallest absolute Gasteiger partial charge is 0.354 e. The summed E-state index contributed by atoms with van der Waals surface area (Å²) in [4.78, 5) is 24.7. The molecule has 2 atom stereocenters. The molecule has 0 spiro atoms. The molecule has 4 aromatic rings. The first-order valence-electron chi connectivity index (χ1n) is 14.9. The van der Waals surface area contributed by atoms with Crippen LogP contribution in [-0.2, 0) is 6.42 Å². The highest BCUT2D eigenvalue weighted by atomic mass is 35.5. The summed E-state index contributed by atoms with van der Waals surface area (Å²) >= 11 is 6.28. The van der Waals surface area contributed by atoms with Crippen molar-refractivity contribution in [2.45, 2.75) is 77.8 Å². The van der Waals surface area contributed by atoms with E-state index in [2.05, 4.69) is 46.3 Å². The molecule has 1 aliphatic heterocycles. The Hall–Kier alpha value is -3.49. The number of aromatic nitrogens is 3. The maximum atomic E-state index is 15.1. The van der Waals surface area contributed by atoms with E-state index in [1.807, 2.05) is 31.2 Å². The number of aliphatic imine (C=N–C) groups is 1. The number of nitrogens with one attached hydrogen (secondary N) is 2. The van der Waals surface area contributed by atoms with Gasteiger partial charge in [0.05, 0.1) is 22.2 Å². The van der Waals surface area contributed by atoms with Crippen LogP contribution in [0.3, 0.4) is 0 Å². The number of hydrogen-bond donors (Lipinski definition) is 3. The van der Waals surface area contributed by atoms with Crippen molar-refractivity contribution < 1.29 is 4.39 Å². The Morgan fingerprint density at radius 1 is 1.21 bits per heavy atom. The molecule has 0 unspecified atom stereocenters. The van der Waals surface area contributed by atoms with Gasteiger partial charge in [0.1, 0.15) is 5.65 Å². The lowest BCUT2D eigenvalue weighted by Crippen LogP contribution is -2.37. The molecule has 7 nitrogen and oxygen atoms in total. The number of nitrogens with two attached hydrogens (primary N) is 1. The predicted molar refractivity (Wildman–Crippen MR) is 170 cm³/mol. The number of H-pyrrole nitrogens is 1. The predicted octanol–water partition coefficient (Wildman–Crippen LogP) is 7.10. The van der Waals surface area contributed by atoms with Gasteiger partial charge in [-0.3, -0.25) is 9.56 Å². The van der Waals surface area contributed by atoms with E-state index in [0.717, 1.165) is 62.7 Å². The zero-order valence-corrected chi connectivity index (χ0v) is 25.3. The molecule has 42 heavy (non-hydrogen) atoms. The largest absolute Gasteiger partial charge is 0.388 e. The summed E-state index contributed by atoms with van der Waals surface area (Å²) in [6, 6.07) is 14.1. The second-order valence-corrected chi connectivity index (χ2v) is 12.3. The molecule has 2 aromatic heterocycles. The summed E-state index contributed by atoms with van der Waals surface area (Å²) in [5, 5.41) is 4.55. The number of nitrogens with zero attached hydrogens (tertiary/aromatic N) is 3. The third-order valence-electron chi connectivity index (χ3n) is 8.03. The van der Waals surface area contributed by atoms with Crippen LogP contribution in [-0.4, -0.2) is 33.0 Å². The lowest BCUT2D eigenvalue weighted by Gasteiger charge is -2.31. The summed E-state index contributed by atoms with van der Waals surface area (Å²) in [6.45, 7) is 6.93. The molecular weight excluding hydrogens is 551 g/mol. The maximum Gasteiger partial charge on any atom is 0.354 e. The molecule has 0 bridgehead atoms. The molecule has 0 saturated carbocycles. The second kappa shape index (κ2) is 13.2. The van der Waals surface area contributed by atoms with Crippen LogP contribution in [0.5, 0.6) is 0 Å². The molecule has 0 aliphatic carbocycles. The summed E-state index contributed by atoms with van der Waals surface area (Å²) < 4.78 is 16.7. The third kappa shape index (κ3) is 7.10. The van der Waals surface area contributed by atoms with E-state index in [9.17, 15) is 4.79 Å². The highest BCUT2D eigenvalue weighted by Crippen LogP contribution is 2.32. The Bertz CT molecular complexity index is 1620. The quantitative estimate of drug-likeness (QED) is 0.135. The highest BCUT2D eigenvalue weighted by molar-refractivity contribution is 6.31. The van der Waals surface area contributed by atoms with Crippen molar-refractivity contribution in [2.75, 3.05) is 6.54 Å². The number of fused-ring (bicyclic) bond motifs is 1. The van der Waals surface area contributed by atoms with Crippen LogP contribution in [0.25, 0.3) is 28.0 Å². The van der Waals surface area contributed by atoms with Gasteiger partial charge in [-0.25, -0.2) is 9.18 Å². The molecule has 2 aromatic carbocycles.